The molecule has 0 bridgehead atoms. The van der Waals surface area contributed by atoms with Gasteiger partial charge >= 0.3 is 59.1 Å². The third-order valence-corrected chi connectivity index (χ3v) is 6.32. The number of hydrogen-bond donors (Lipinski definition) is 2. The van der Waals surface area contributed by atoms with Gasteiger partial charge in [0.1, 0.15) is 0 Å². The summed E-state index contributed by atoms with van der Waals surface area (Å²) in [6.07, 6.45) is 0. The van der Waals surface area contributed by atoms with Gasteiger partial charge in [0.15, 0.2) is 10.9 Å². The molecule has 2 heterocycles. The predicted molar refractivity (Wildman–Crippen MR) is 116 cm³/mol. The second-order valence-corrected chi connectivity index (χ2v) is 8.62. The maximum atomic E-state index is 13.0. The van der Waals surface area contributed by atoms with E-state index in [0.717, 1.165) is 0 Å². The molecule has 14 heteroatoms. The fourth-order valence-electron chi connectivity index (χ4n) is 3.62. The summed E-state index contributed by atoms with van der Waals surface area (Å²) in [5, 5.41) is 1.24. The van der Waals surface area contributed by atoms with Crippen LogP contribution >= 0.6 is 0 Å². The number of aromatic nitrogens is 2. The molecule has 5 aromatic rings. The van der Waals surface area contributed by atoms with Crippen molar-refractivity contribution in [2.75, 3.05) is 0 Å². The largest absolute Gasteiger partial charge is 1.00 e. The Kier molecular flexibility index (Phi) is 10.2. The van der Waals surface area contributed by atoms with Gasteiger partial charge in [-0.15, -0.1) is 0 Å². The Bertz CT molecular complexity index is 1690. The molecule has 0 spiro atoms. The Morgan fingerprint density at radius 3 is 1.15 bits per heavy atom. The van der Waals surface area contributed by atoms with E-state index < -0.39 is 21.4 Å². The first-order valence-corrected chi connectivity index (χ1v) is 10.8. The Balaban J connectivity index is 0.00000144. The van der Waals surface area contributed by atoms with E-state index in [2.05, 4.69) is 9.97 Å². The zero-order chi connectivity index (χ0) is 21.2. The average molecular weight is 518 g/mol. The zero-order valence-corrected chi connectivity index (χ0v) is 23.4. The van der Waals surface area contributed by atoms with Crippen molar-refractivity contribution >= 4 is 65.0 Å². The smallest absolute Gasteiger partial charge is 0.870 e. The zero-order valence-electron chi connectivity index (χ0n) is 17.8. The van der Waals surface area contributed by atoms with Crippen molar-refractivity contribution in [1.82, 2.24) is 9.97 Å². The molecule has 0 aliphatic carbocycles. The molecule has 0 aliphatic heterocycles. The average Bonchev–Trinajstić information content (AvgIpc) is 2.72. The van der Waals surface area contributed by atoms with E-state index in [9.17, 15) is 26.4 Å². The van der Waals surface area contributed by atoms with Crippen molar-refractivity contribution in [2.45, 2.75) is 9.79 Å². The number of rotatable bonds is 2. The minimum Gasteiger partial charge on any atom is -0.870 e. The minimum absolute atomic E-state index is 0. The van der Waals surface area contributed by atoms with Crippen LogP contribution in [0.3, 0.4) is 0 Å². The molecule has 166 valence electrons. The van der Waals surface area contributed by atoms with Crippen LogP contribution in [-0.4, -0.2) is 20.9 Å². The Labute approximate surface area is 238 Å². The minimum atomic E-state index is -2.44. The topological polar surface area (TPSA) is 194 Å². The molecule has 0 atom stereocenters. The molecule has 0 unspecified atom stereocenters. The first-order valence-electron chi connectivity index (χ1n) is 8.61. The van der Waals surface area contributed by atoms with Gasteiger partial charge in [0, 0.05) is 32.6 Å². The standard InChI is InChI=1S/C20H10N2O6S2.2Na.2H2O/c23-19-11-3-1-9(29(25)26)5-15(11)21-17-8-14-18(7-13(17)19)22-16-6-10(30(27)28)2-4-12(16)20(14)24;;;;/h1-8H,(H,21,23)(H,22,24);;;2*1H2/q-2;2*+1;;/p-2. The van der Waals surface area contributed by atoms with Gasteiger partial charge in [0.25, 0.3) is 0 Å². The van der Waals surface area contributed by atoms with Gasteiger partial charge < -0.3 is 37.8 Å². The Hall–Kier alpha value is -1.58. The Morgan fingerprint density at radius 2 is 0.824 bits per heavy atom. The van der Waals surface area contributed by atoms with Crippen molar-refractivity contribution < 1.29 is 86.9 Å². The van der Waals surface area contributed by atoms with Crippen LogP contribution in [0, 0.1) is 0 Å². The molecule has 0 amide bonds. The molecule has 0 radical (unpaired) electrons. The summed E-state index contributed by atoms with van der Waals surface area (Å²) in [4.78, 5) is 32.0. The number of nitrogens with one attached hydrogen (secondary N) is 2. The number of hydrogen-bond acceptors (Lipinski definition) is 10. The van der Waals surface area contributed by atoms with Gasteiger partial charge in [-0.25, -0.2) is 0 Å². The van der Waals surface area contributed by atoms with Crippen molar-refractivity contribution in [3.8, 4) is 0 Å². The summed E-state index contributed by atoms with van der Waals surface area (Å²) >= 11 is 0. The molecular formula is C20H12N2Na2O8S2-2. The van der Waals surface area contributed by atoms with Crippen molar-refractivity contribution in [3.05, 3.63) is 69.0 Å². The fourth-order valence-corrected chi connectivity index (χ4v) is 4.41. The van der Waals surface area contributed by atoms with Crippen LogP contribution in [-0.2, 0) is 38.2 Å². The summed E-state index contributed by atoms with van der Waals surface area (Å²) in [6.45, 7) is 0. The summed E-state index contributed by atoms with van der Waals surface area (Å²) in [5.74, 6) is 0. The molecule has 0 saturated heterocycles. The summed E-state index contributed by atoms with van der Waals surface area (Å²) in [6, 6.07) is 11.3. The summed E-state index contributed by atoms with van der Waals surface area (Å²) in [7, 11) is -4.89. The molecule has 5 rings (SSSR count). The molecule has 10 nitrogen and oxygen atoms in total. The van der Waals surface area contributed by atoms with E-state index in [1.807, 2.05) is 0 Å². The first-order chi connectivity index (χ1) is 14.3. The molecule has 0 fully saturated rings. The third-order valence-electron chi connectivity index (χ3n) is 5.04. The van der Waals surface area contributed by atoms with Crippen LogP contribution in [0.2, 0.25) is 0 Å². The molecule has 0 aliphatic rings. The summed E-state index contributed by atoms with van der Waals surface area (Å²) in [5.41, 5.74) is 0.812. The number of benzene rings is 3. The van der Waals surface area contributed by atoms with Crippen LogP contribution in [0.1, 0.15) is 0 Å². The van der Waals surface area contributed by atoms with E-state index in [1.54, 1.807) is 0 Å². The Morgan fingerprint density at radius 1 is 0.500 bits per heavy atom. The van der Waals surface area contributed by atoms with Crippen LogP contribution in [0.5, 0.6) is 0 Å². The maximum Gasteiger partial charge on any atom is 1.00 e. The SMILES string of the molecule is O=c1c2ccc([S-](=O)=O)cc2[nH]c2cc3c(=O)c4ccc([S-](=O)=O)cc4[nH]c3cc12.[Na+].[Na+].[OH-].[OH-]. The second kappa shape index (κ2) is 11.4. The van der Waals surface area contributed by atoms with Crippen LogP contribution in [0.15, 0.2) is 67.9 Å². The summed E-state index contributed by atoms with van der Waals surface area (Å²) < 4.78 is 44.9. The van der Waals surface area contributed by atoms with Crippen LogP contribution in [0.25, 0.3) is 43.6 Å². The normalized spacial score (nSPS) is 10.6. The third kappa shape index (κ3) is 5.02. The van der Waals surface area contributed by atoms with Gasteiger partial charge in [0.05, 0.1) is 11.0 Å². The number of aromatic amines is 2. The van der Waals surface area contributed by atoms with Gasteiger partial charge in [-0.3, -0.25) is 9.59 Å². The van der Waals surface area contributed by atoms with Gasteiger partial charge in [0.2, 0.25) is 0 Å². The number of H-pyrrole nitrogens is 2. The van der Waals surface area contributed by atoms with E-state index in [4.69, 9.17) is 0 Å². The van der Waals surface area contributed by atoms with E-state index in [0.29, 0.717) is 43.6 Å². The molecule has 2 aromatic heterocycles. The van der Waals surface area contributed by atoms with Crippen LogP contribution < -0.4 is 70.0 Å². The molecule has 0 saturated carbocycles. The number of pyridine rings is 2. The molecule has 4 N–H and O–H groups in total. The van der Waals surface area contributed by atoms with E-state index >= 15 is 0 Å². The van der Waals surface area contributed by atoms with Gasteiger partial charge in [-0.2, -0.15) is 0 Å². The van der Waals surface area contributed by atoms with Crippen molar-refractivity contribution in [1.29, 1.82) is 0 Å². The predicted octanol–water partition coefficient (Wildman–Crippen LogP) is -3.33. The van der Waals surface area contributed by atoms with Gasteiger partial charge in [-0.1, -0.05) is 46.2 Å². The fraction of sp³-hybridized carbons (Fsp3) is 0. The molecule has 34 heavy (non-hydrogen) atoms. The first kappa shape index (κ1) is 30.5. The molecule has 3 aromatic carbocycles. The van der Waals surface area contributed by atoms with E-state index in [-0.39, 0.29) is 90.7 Å². The van der Waals surface area contributed by atoms with E-state index in [1.165, 1.54) is 48.5 Å². The number of fused-ring (bicyclic) bond motifs is 4. The maximum absolute atomic E-state index is 13.0. The van der Waals surface area contributed by atoms with Gasteiger partial charge in [-0.05, 0) is 33.5 Å². The molecular weight excluding hydrogens is 506 g/mol. The second-order valence-electron chi connectivity index (χ2n) is 6.74. The van der Waals surface area contributed by atoms with Crippen molar-refractivity contribution in [2.24, 2.45) is 0 Å². The van der Waals surface area contributed by atoms with Crippen molar-refractivity contribution in [3.63, 3.8) is 0 Å². The monoisotopic (exact) mass is 518 g/mol. The van der Waals surface area contributed by atoms with Crippen LogP contribution in [0.4, 0.5) is 0 Å². The quantitative estimate of drug-likeness (QED) is 0.138.